The van der Waals surface area contributed by atoms with Gasteiger partial charge in [0.1, 0.15) is 19.0 Å². The lowest BCUT2D eigenvalue weighted by Crippen LogP contribution is -2.13. The van der Waals surface area contributed by atoms with E-state index in [-0.39, 0.29) is 34.2 Å². The summed E-state index contributed by atoms with van der Waals surface area (Å²) < 4.78 is 38.3. The molecule has 0 bridgehead atoms. The van der Waals surface area contributed by atoms with E-state index < -0.39 is 21.4 Å². The van der Waals surface area contributed by atoms with Crippen molar-refractivity contribution >= 4 is 32.4 Å². The molecule has 0 fully saturated rings. The Kier molecular flexibility index (Phi) is 5.43. The van der Waals surface area contributed by atoms with Gasteiger partial charge in [-0.05, 0) is 37.6 Å². The smallest absolute Gasteiger partial charge is 0.302 e. The predicted molar refractivity (Wildman–Crippen MR) is 115 cm³/mol. The molecule has 2 aromatic carbocycles. The molecule has 10 nitrogen and oxygen atoms in total. The van der Waals surface area contributed by atoms with Crippen LogP contribution in [0, 0.1) is 13.8 Å². The van der Waals surface area contributed by atoms with Crippen LogP contribution in [0.2, 0.25) is 0 Å². The van der Waals surface area contributed by atoms with Gasteiger partial charge in [-0.1, -0.05) is 17.7 Å². The van der Waals surface area contributed by atoms with Crippen molar-refractivity contribution in [2.24, 2.45) is 0 Å². The third-order valence-electron chi connectivity index (χ3n) is 4.83. The molecule has 11 heteroatoms. The first-order chi connectivity index (χ1) is 15.2. The molecule has 0 aliphatic carbocycles. The highest BCUT2D eigenvalue weighted by Gasteiger charge is 2.27. The first-order valence-corrected chi connectivity index (χ1v) is 11.2. The second-order valence-electron chi connectivity index (χ2n) is 7.23. The number of hydrogen-bond donors (Lipinski definition) is 1. The molecule has 0 aliphatic rings. The van der Waals surface area contributed by atoms with E-state index in [1.54, 1.807) is 31.2 Å². The number of benzene rings is 2. The van der Waals surface area contributed by atoms with E-state index in [0.717, 1.165) is 5.56 Å². The van der Waals surface area contributed by atoms with Crippen LogP contribution in [0.3, 0.4) is 0 Å². The summed E-state index contributed by atoms with van der Waals surface area (Å²) in [5.41, 5.74) is 1.14. The topological polar surface area (TPSA) is 133 Å². The van der Waals surface area contributed by atoms with E-state index in [4.69, 9.17) is 9.47 Å². The Morgan fingerprint density at radius 1 is 1.12 bits per heavy atom. The number of nitrogens with zero attached hydrogens (tertiary/aromatic N) is 3. The van der Waals surface area contributed by atoms with Gasteiger partial charge < -0.3 is 9.47 Å². The van der Waals surface area contributed by atoms with Crippen LogP contribution in [-0.2, 0) is 19.4 Å². The Labute approximate surface area is 182 Å². The van der Waals surface area contributed by atoms with Gasteiger partial charge in [-0.3, -0.25) is 9.59 Å². The number of carbonyl (C=O) groups is 1. The number of nitrogens with one attached hydrogen (secondary N) is 1. The Bertz CT molecular complexity index is 1520. The maximum atomic E-state index is 13.3. The highest BCUT2D eigenvalue weighted by molar-refractivity contribution is 7.91. The molecule has 2 heterocycles. The van der Waals surface area contributed by atoms with Gasteiger partial charge in [0.2, 0.25) is 14.9 Å². The largest absolute Gasteiger partial charge is 0.490 e. The molecule has 0 spiro atoms. The van der Waals surface area contributed by atoms with Crippen molar-refractivity contribution in [3.63, 3.8) is 0 Å². The Balaban J connectivity index is 1.81. The lowest BCUT2D eigenvalue weighted by molar-refractivity contribution is -0.141. The SMILES string of the molecule is CC(=O)OCCOc1ccc2c(=O)nc3c(S(=O)(=O)c4ccc(C)cc4C)n[nH]n3c2c1. The number of aryl methyl sites for hydroxylation is 2. The zero-order valence-corrected chi connectivity index (χ0v) is 18.4. The van der Waals surface area contributed by atoms with Crippen LogP contribution in [0.1, 0.15) is 18.1 Å². The van der Waals surface area contributed by atoms with Gasteiger partial charge in [0.05, 0.1) is 15.8 Å². The molecule has 0 saturated carbocycles. The van der Waals surface area contributed by atoms with Crippen LogP contribution in [-0.4, -0.2) is 47.4 Å². The molecular weight excluding hydrogens is 436 g/mol. The molecular formula is C21H20N4O6S. The third kappa shape index (κ3) is 3.82. The third-order valence-corrected chi connectivity index (χ3v) is 6.65. The Morgan fingerprint density at radius 3 is 2.62 bits per heavy atom. The molecule has 0 saturated heterocycles. The van der Waals surface area contributed by atoms with Gasteiger partial charge in [-0.25, -0.2) is 18.1 Å². The van der Waals surface area contributed by atoms with Gasteiger partial charge in [-0.15, -0.1) is 5.10 Å². The minimum atomic E-state index is -4.04. The van der Waals surface area contributed by atoms with Crippen molar-refractivity contribution in [1.82, 2.24) is 19.8 Å². The van der Waals surface area contributed by atoms with E-state index in [1.165, 1.54) is 23.6 Å². The van der Waals surface area contributed by atoms with E-state index in [9.17, 15) is 18.0 Å². The van der Waals surface area contributed by atoms with E-state index >= 15 is 0 Å². The first-order valence-electron chi connectivity index (χ1n) is 9.68. The summed E-state index contributed by atoms with van der Waals surface area (Å²) in [6, 6.07) is 9.64. The van der Waals surface area contributed by atoms with Crippen molar-refractivity contribution in [3.8, 4) is 5.75 Å². The summed E-state index contributed by atoms with van der Waals surface area (Å²) in [6.07, 6.45) is 0. The quantitative estimate of drug-likeness (QED) is 0.344. The average Bonchev–Trinajstić information content (AvgIpc) is 3.15. The molecule has 0 radical (unpaired) electrons. The number of esters is 1. The monoisotopic (exact) mass is 456 g/mol. The fourth-order valence-corrected chi connectivity index (χ4v) is 4.88. The zero-order chi connectivity index (χ0) is 23.0. The molecule has 0 atom stereocenters. The molecule has 2 aromatic heterocycles. The van der Waals surface area contributed by atoms with E-state index in [0.29, 0.717) is 16.8 Å². The van der Waals surface area contributed by atoms with Gasteiger partial charge in [-0.2, -0.15) is 4.98 Å². The second kappa shape index (κ2) is 8.08. The van der Waals surface area contributed by atoms with Gasteiger partial charge in [0.25, 0.3) is 5.56 Å². The minimum absolute atomic E-state index is 0.0709. The first kappa shape index (κ1) is 21.5. The molecule has 4 aromatic rings. The highest BCUT2D eigenvalue weighted by Crippen LogP contribution is 2.27. The molecule has 1 N–H and O–H groups in total. The molecule has 0 unspecified atom stereocenters. The standard InChI is InChI=1S/C21H20N4O6S/c1-12-4-7-18(13(2)10-12)32(28,29)21-19-22-20(27)16-6-5-15(31-9-8-30-14(3)26)11-17(16)25(19)24-23-21/h4-7,10-11,24H,8-9H2,1-3H3. The van der Waals surface area contributed by atoms with Crippen LogP contribution in [0.5, 0.6) is 5.75 Å². The van der Waals surface area contributed by atoms with E-state index in [1.807, 2.05) is 6.92 Å². The number of hydrogen-bond acceptors (Lipinski definition) is 8. The molecule has 0 amide bonds. The van der Waals surface area contributed by atoms with Crippen molar-refractivity contribution in [3.05, 3.63) is 57.9 Å². The number of sulfone groups is 1. The number of rotatable bonds is 6. The number of aromatic amines is 1. The summed E-state index contributed by atoms with van der Waals surface area (Å²) in [4.78, 5) is 27.5. The fourth-order valence-electron chi connectivity index (χ4n) is 3.41. The number of ether oxygens (including phenoxy) is 2. The minimum Gasteiger partial charge on any atom is -0.490 e. The van der Waals surface area contributed by atoms with Crippen LogP contribution in [0.4, 0.5) is 0 Å². The van der Waals surface area contributed by atoms with Crippen molar-refractivity contribution in [1.29, 1.82) is 0 Å². The summed E-state index contributed by atoms with van der Waals surface area (Å²) in [5.74, 6) is -0.0149. The fraction of sp³-hybridized carbons (Fsp3) is 0.238. The van der Waals surface area contributed by atoms with Gasteiger partial charge >= 0.3 is 5.97 Å². The maximum Gasteiger partial charge on any atom is 0.302 e. The van der Waals surface area contributed by atoms with Crippen LogP contribution in [0.25, 0.3) is 16.6 Å². The highest BCUT2D eigenvalue weighted by atomic mass is 32.2. The lowest BCUT2D eigenvalue weighted by atomic mass is 10.2. The van der Waals surface area contributed by atoms with Crippen LogP contribution < -0.4 is 10.3 Å². The Hall–Kier alpha value is -3.73. The van der Waals surface area contributed by atoms with Gasteiger partial charge in [0, 0.05) is 13.0 Å². The molecule has 4 rings (SSSR count). The molecule has 166 valence electrons. The number of H-pyrrole nitrogens is 1. The van der Waals surface area contributed by atoms with E-state index in [2.05, 4.69) is 15.3 Å². The van der Waals surface area contributed by atoms with Gasteiger partial charge in [0.15, 0.2) is 5.65 Å². The summed E-state index contributed by atoms with van der Waals surface area (Å²) in [5, 5.41) is 6.52. The number of carbonyl (C=O) groups excluding carboxylic acids is 1. The molecule has 32 heavy (non-hydrogen) atoms. The van der Waals surface area contributed by atoms with Crippen molar-refractivity contribution in [2.45, 2.75) is 30.7 Å². The van der Waals surface area contributed by atoms with Crippen LogP contribution in [0.15, 0.2) is 51.1 Å². The zero-order valence-electron chi connectivity index (χ0n) is 17.6. The van der Waals surface area contributed by atoms with Crippen molar-refractivity contribution in [2.75, 3.05) is 13.2 Å². The lowest BCUT2D eigenvalue weighted by Gasteiger charge is -2.08. The second-order valence-corrected chi connectivity index (χ2v) is 9.07. The summed E-state index contributed by atoms with van der Waals surface area (Å²) >= 11 is 0. The normalized spacial score (nSPS) is 11.7. The van der Waals surface area contributed by atoms with Crippen LogP contribution >= 0.6 is 0 Å². The summed E-state index contributed by atoms with van der Waals surface area (Å²) in [7, 11) is -4.04. The Morgan fingerprint density at radius 2 is 1.91 bits per heavy atom. The maximum absolute atomic E-state index is 13.3. The molecule has 0 aliphatic heterocycles. The average molecular weight is 456 g/mol. The number of fused-ring (bicyclic) bond motifs is 3. The van der Waals surface area contributed by atoms with Crippen molar-refractivity contribution < 1.29 is 22.7 Å². The summed E-state index contributed by atoms with van der Waals surface area (Å²) in [6.45, 7) is 5.05. The number of aromatic nitrogens is 4. The predicted octanol–water partition coefficient (Wildman–Crippen LogP) is 1.96.